The molecule has 0 aromatic heterocycles. The average Bonchev–Trinajstić information content (AvgIpc) is 3.04. The molecule has 226 valence electrons. The average molecular weight is 571 g/mol. The Hall–Kier alpha value is 0.274. The molecule has 0 radical (unpaired) electrons. The summed E-state index contributed by atoms with van der Waals surface area (Å²) in [4.78, 5) is 0. The van der Waals surface area contributed by atoms with Crippen LogP contribution in [0.1, 0.15) is 120 Å². The minimum Gasteiger partial charge on any atom is -0.414 e. The van der Waals surface area contributed by atoms with Gasteiger partial charge in [0.05, 0.1) is 17.3 Å². The van der Waals surface area contributed by atoms with Gasteiger partial charge in [-0.3, -0.25) is 0 Å². The summed E-state index contributed by atoms with van der Waals surface area (Å²) in [6, 6.07) is 0. The second-order valence-electron chi connectivity index (χ2n) is 17.0. The molecule has 38 heavy (non-hydrogen) atoms. The zero-order valence-corrected chi connectivity index (χ0v) is 29.7. The Balaban J connectivity index is 2.21. The van der Waals surface area contributed by atoms with Crippen LogP contribution in [0.4, 0.5) is 0 Å². The molecule has 0 amide bonds. The van der Waals surface area contributed by atoms with Gasteiger partial charge in [0.1, 0.15) is 0 Å². The first-order valence-electron chi connectivity index (χ1n) is 15.8. The molecule has 6 atom stereocenters. The van der Waals surface area contributed by atoms with Crippen LogP contribution in [0, 0.1) is 23.2 Å². The van der Waals surface area contributed by atoms with Crippen LogP contribution < -0.4 is 0 Å². The number of rotatable bonds is 13. The molecule has 0 heterocycles. The van der Waals surface area contributed by atoms with Gasteiger partial charge in [-0.25, -0.2) is 0 Å². The zero-order valence-electron chi connectivity index (χ0n) is 27.7. The molecule has 2 saturated carbocycles. The van der Waals surface area contributed by atoms with Crippen LogP contribution in [0.2, 0.25) is 37.8 Å². The summed E-state index contributed by atoms with van der Waals surface area (Å²) in [6.45, 7) is 29.3. The van der Waals surface area contributed by atoms with Gasteiger partial charge in [0.25, 0.3) is 0 Å². The Bertz CT molecular complexity index is 746. The molecule has 0 aliphatic heterocycles. The lowest BCUT2D eigenvalue weighted by Gasteiger charge is -2.50. The molecule has 2 aliphatic carbocycles. The van der Waals surface area contributed by atoms with E-state index in [1.807, 2.05) is 0 Å². The molecule has 0 saturated heterocycles. The van der Waals surface area contributed by atoms with Crippen LogP contribution in [-0.2, 0) is 8.85 Å². The monoisotopic (exact) mass is 570 g/mol. The van der Waals surface area contributed by atoms with Crippen molar-refractivity contribution in [2.75, 3.05) is 0 Å². The smallest absolute Gasteiger partial charge is 0.192 e. The van der Waals surface area contributed by atoms with E-state index in [1.54, 1.807) is 13.8 Å². The molecule has 2 fully saturated rings. The molecule has 0 unspecified atom stereocenters. The number of hydrogen-bond donors (Lipinski definition) is 2. The molecule has 0 spiro atoms. The third-order valence-electron chi connectivity index (χ3n) is 10.5. The third kappa shape index (κ3) is 9.14. The van der Waals surface area contributed by atoms with E-state index in [4.69, 9.17) is 8.85 Å². The summed E-state index contributed by atoms with van der Waals surface area (Å²) in [5.74, 6) is 1.87. The number of hydrogen-bond acceptors (Lipinski definition) is 4. The first kappa shape index (κ1) is 34.5. The van der Waals surface area contributed by atoms with Gasteiger partial charge in [-0.2, -0.15) is 0 Å². The van der Waals surface area contributed by atoms with E-state index >= 15 is 0 Å². The third-order valence-corrected chi connectivity index (χ3v) is 16.2. The summed E-state index contributed by atoms with van der Waals surface area (Å²) < 4.78 is 13.6. The van der Waals surface area contributed by atoms with Gasteiger partial charge in [0.15, 0.2) is 16.6 Å². The SMILES string of the molecule is CC(C)(CCC[C@@H](CC[C@@H](O)C(C)(C)O)[C@H]1CC[C@H]2[C@@H](O[Si](C)(C)C(C)(C)C)CCC[C@]12C)O[Si](C)(C)C. The van der Waals surface area contributed by atoms with Crippen LogP contribution in [-0.4, -0.2) is 50.3 Å². The van der Waals surface area contributed by atoms with Gasteiger partial charge < -0.3 is 19.1 Å². The summed E-state index contributed by atoms with van der Waals surface area (Å²) in [5.41, 5.74) is -0.830. The normalized spacial score (nSPS) is 29.3. The van der Waals surface area contributed by atoms with Gasteiger partial charge in [0, 0.05) is 6.10 Å². The van der Waals surface area contributed by atoms with Crippen LogP contribution in [0.3, 0.4) is 0 Å². The number of aliphatic hydroxyl groups excluding tert-OH is 1. The largest absolute Gasteiger partial charge is 0.414 e. The predicted octanol–water partition coefficient (Wildman–Crippen LogP) is 8.92. The molecular weight excluding hydrogens is 505 g/mol. The Labute approximate surface area is 239 Å². The first-order chi connectivity index (χ1) is 17.0. The van der Waals surface area contributed by atoms with E-state index in [2.05, 4.69) is 74.3 Å². The minimum atomic E-state index is -1.82. The lowest BCUT2D eigenvalue weighted by Crippen LogP contribution is -2.50. The lowest BCUT2D eigenvalue weighted by atomic mass is 9.60. The quantitative estimate of drug-likeness (QED) is 0.217. The van der Waals surface area contributed by atoms with Crippen LogP contribution in [0.15, 0.2) is 0 Å². The Morgan fingerprint density at radius 3 is 2.03 bits per heavy atom. The minimum absolute atomic E-state index is 0.0866. The van der Waals surface area contributed by atoms with Crippen LogP contribution in [0.25, 0.3) is 0 Å². The highest BCUT2D eigenvalue weighted by Gasteiger charge is 2.55. The van der Waals surface area contributed by atoms with E-state index in [-0.39, 0.29) is 10.6 Å². The van der Waals surface area contributed by atoms with Crippen molar-refractivity contribution in [1.29, 1.82) is 0 Å². The maximum atomic E-state index is 10.7. The topological polar surface area (TPSA) is 58.9 Å². The standard InChI is InChI=1S/C32H66O4Si2/c1-29(2,3)38(12,13)35-27-17-15-23-32(8)25(19-20-26(27)32)24(18-21-28(33)31(6,7)34)16-14-22-30(4,5)36-37(9,10)11/h24-28,33-34H,14-23H2,1-13H3/t24-,25+,26-,27-,28+,32+/m0/s1. The highest BCUT2D eigenvalue weighted by Crippen LogP contribution is 2.60. The van der Waals surface area contributed by atoms with E-state index < -0.39 is 28.3 Å². The number of aliphatic hydroxyl groups is 2. The summed E-state index contributed by atoms with van der Waals surface area (Å²) in [7, 11) is -3.41. The maximum Gasteiger partial charge on any atom is 0.192 e. The van der Waals surface area contributed by atoms with Gasteiger partial charge in [-0.15, -0.1) is 0 Å². The molecule has 4 nitrogen and oxygen atoms in total. The summed E-state index contributed by atoms with van der Waals surface area (Å²) >= 11 is 0. The van der Waals surface area contributed by atoms with Crippen LogP contribution in [0.5, 0.6) is 0 Å². The van der Waals surface area contributed by atoms with Crippen molar-refractivity contribution >= 4 is 16.6 Å². The van der Waals surface area contributed by atoms with Crippen molar-refractivity contribution < 1.29 is 19.1 Å². The van der Waals surface area contributed by atoms with Crippen molar-refractivity contribution in [3.05, 3.63) is 0 Å². The Morgan fingerprint density at radius 2 is 1.50 bits per heavy atom. The molecule has 2 rings (SSSR count). The van der Waals surface area contributed by atoms with Crippen molar-refractivity contribution in [3.8, 4) is 0 Å². The van der Waals surface area contributed by atoms with E-state index in [1.165, 1.54) is 38.5 Å². The predicted molar refractivity (Wildman–Crippen MR) is 168 cm³/mol. The fraction of sp³-hybridized carbons (Fsp3) is 1.00. The lowest BCUT2D eigenvalue weighted by molar-refractivity contribution is -0.0592. The van der Waals surface area contributed by atoms with Crippen molar-refractivity contribution in [2.24, 2.45) is 23.2 Å². The molecule has 2 aliphatic rings. The second-order valence-corrected chi connectivity index (χ2v) is 26.2. The zero-order chi connectivity index (χ0) is 29.4. The van der Waals surface area contributed by atoms with E-state index in [0.717, 1.165) is 19.3 Å². The van der Waals surface area contributed by atoms with E-state index in [0.29, 0.717) is 35.7 Å². The van der Waals surface area contributed by atoms with Crippen molar-refractivity contribution in [3.63, 3.8) is 0 Å². The molecule has 0 aromatic rings. The Morgan fingerprint density at radius 1 is 0.895 bits per heavy atom. The molecule has 0 bridgehead atoms. The fourth-order valence-electron chi connectivity index (χ4n) is 7.57. The highest BCUT2D eigenvalue weighted by molar-refractivity contribution is 6.74. The molecule has 2 N–H and O–H groups in total. The fourth-order valence-corrected chi connectivity index (χ4v) is 10.7. The first-order valence-corrected chi connectivity index (χ1v) is 22.1. The van der Waals surface area contributed by atoms with Gasteiger partial charge in [0.2, 0.25) is 0 Å². The number of fused-ring (bicyclic) bond motifs is 1. The van der Waals surface area contributed by atoms with Gasteiger partial charge in [-0.05, 0) is 134 Å². The molecular formula is C32H66O4Si2. The summed E-state index contributed by atoms with van der Waals surface area (Å²) in [6.07, 6.45) is 11.1. The molecule has 6 heteroatoms. The van der Waals surface area contributed by atoms with Gasteiger partial charge in [-0.1, -0.05) is 47.0 Å². The van der Waals surface area contributed by atoms with Crippen LogP contribution >= 0.6 is 0 Å². The summed E-state index contributed by atoms with van der Waals surface area (Å²) in [5, 5.41) is 21.4. The second kappa shape index (κ2) is 12.3. The van der Waals surface area contributed by atoms with Gasteiger partial charge >= 0.3 is 0 Å². The molecule has 0 aromatic carbocycles. The van der Waals surface area contributed by atoms with Crippen molar-refractivity contribution in [1.82, 2.24) is 0 Å². The van der Waals surface area contributed by atoms with Crippen molar-refractivity contribution in [2.45, 2.75) is 181 Å². The van der Waals surface area contributed by atoms with E-state index in [9.17, 15) is 10.2 Å². The highest BCUT2D eigenvalue weighted by atomic mass is 28.4. The maximum absolute atomic E-state index is 10.7. The Kier molecular flexibility index (Phi) is 11.1.